The molecule has 0 radical (unpaired) electrons. The van der Waals surface area contributed by atoms with Gasteiger partial charge in [0.05, 0.1) is 10.6 Å². The van der Waals surface area contributed by atoms with E-state index < -0.39 is 25.1 Å². The number of hydrogen-bond acceptors (Lipinski definition) is 7. The third-order valence-electron chi connectivity index (χ3n) is 6.45. The Hall–Kier alpha value is -3.03. The van der Waals surface area contributed by atoms with Gasteiger partial charge in [0.1, 0.15) is 10.1 Å². The van der Waals surface area contributed by atoms with E-state index in [4.69, 9.17) is 0 Å². The SMILES string of the molecule is CN(C)c1ccc(C(=C2C=CC(=[NH+]Cc3cccc(S(=O)(=O)[O-])c3)[C-]=C2S(=O)(=O)O)c2ccc(N(C)C)cc2)cc1.[Na+]. The number of hydrogen-bond donors (Lipinski definition) is 2. The van der Waals surface area contributed by atoms with E-state index in [0.29, 0.717) is 11.1 Å². The molecule has 0 heterocycles. The maximum Gasteiger partial charge on any atom is 1.00 e. The molecule has 2 N–H and O–H groups in total. The average molecular weight is 616 g/mol. The molecule has 4 rings (SSSR count). The molecule has 0 bridgehead atoms. The Morgan fingerprint density at radius 1 is 0.833 bits per heavy atom. The summed E-state index contributed by atoms with van der Waals surface area (Å²) in [4.78, 5) is 6.12. The number of rotatable bonds is 8. The predicted molar refractivity (Wildman–Crippen MR) is 159 cm³/mol. The van der Waals surface area contributed by atoms with Gasteiger partial charge in [0.2, 0.25) is 0 Å². The number of benzene rings is 3. The van der Waals surface area contributed by atoms with Gasteiger partial charge in [-0.1, -0.05) is 48.0 Å². The zero-order chi connectivity index (χ0) is 29.9. The van der Waals surface area contributed by atoms with Gasteiger partial charge < -0.3 is 14.4 Å². The molecular weight excluding hydrogens is 585 g/mol. The van der Waals surface area contributed by atoms with Crippen LogP contribution in [0.2, 0.25) is 0 Å². The topological polar surface area (TPSA) is 132 Å². The van der Waals surface area contributed by atoms with E-state index in [1.54, 1.807) is 18.2 Å². The van der Waals surface area contributed by atoms with Gasteiger partial charge in [-0.15, -0.1) is 11.6 Å². The number of anilines is 2. The van der Waals surface area contributed by atoms with Gasteiger partial charge in [0.25, 0.3) is 10.1 Å². The fourth-order valence-corrected chi connectivity index (χ4v) is 5.54. The zero-order valence-electron chi connectivity index (χ0n) is 24.0. The van der Waals surface area contributed by atoms with E-state index in [1.807, 2.05) is 86.5 Å². The van der Waals surface area contributed by atoms with Crippen molar-refractivity contribution in [3.05, 3.63) is 118 Å². The van der Waals surface area contributed by atoms with Gasteiger partial charge >= 0.3 is 29.6 Å². The second kappa shape index (κ2) is 13.5. The quantitative estimate of drug-likeness (QED) is 0.195. The third-order valence-corrected chi connectivity index (χ3v) is 8.12. The summed E-state index contributed by atoms with van der Waals surface area (Å²) < 4.78 is 69.7. The van der Waals surface area contributed by atoms with Crippen molar-refractivity contribution in [2.45, 2.75) is 11.4 Å². The monoisotopic (exact) mass is 615 g/mol. The molecule has 214 valence electrons. The van der Waals surface area contributed by atoms with Crippen molar-refractivity contribution < 1.29 is 60.5 Å². The molecule has 42 heavy (non-hydrogen) atoms. The van der Waals surface area contributed by atoms with E-state index in [1.165, 1.54) is 18.2 Å². The van der Waals surface area contributed by atoms with E-state index in [9.17, 15) is 25.9 Å². The molecule has 1 aliphatic carbocycles. The molecular formula is C30H30N3NaO6S2. The van der Waals surface area contributed by atoms with E-state index in [0.717, 1.165) is 22.5 Å². The van der Waals surface area contributed by atoms with Crippen LogP contribution in [0.1, 0.15) is 16.7 Å². The van der Waals surface area contributed by atoms with Crippen molar-refractivity contribution in [2.75, 3.05) is 38.0 Å². The van der Waals surface area contributed by atoms with Crippen LogP contribution < -0.4 is 44.3 Å². The molecule has 0 atom stereocenters. The fraction of sp³-hybridized carbons (Fsp3) is 0.167. The molecule has 1 aliphatic rings. The maximum atomic E-state index is 12.7. The van der Waals surface area contributed by atoms with Crippen LogP contribution in [0.4, 0.5) is 11.4 Å². The Morgan fingerprint density at radius 3 is 1.81 bits per heavy atom. The molecule has 0 saturated carbocycles. The van der Waals surface area contributed by atoms with Crippen molar-refractivity contribution in [2.24, 2.45) is 0 Å². The fourth-order valence-electron chi connectivity index (χ4n) is 4.32. The van der Waals surface area contributed by atoms with Crippen LogP contribution in [0, 0.1) is 6.08 Å². The van der Waals surface area contributed by atoms with E-state index in [-0.39, 0.29) is 52.3 Å². The number of nitrogens with one attached hydrogen (secondary N) is 1. The second-order valence-electron chi connectivity index (χ2n) is 9.80. The Bertz CT molecular complexity index is 1740. The van der Waals surface area contributed by atoms with Crippen molar-refractivity contribution >= 4 is 42.9 Å². The summed E-state index contributed by atoms with van der Waals surface area (Å²) in [6.45, 7) is 0.0820. The van der Waals surface area contributed by atoms with Crippen LogP contribution in [-0.4, -0.2) is 59.8 Å². The number of nitrogens with zero attached hydrogens (tertiary/aromatic N) is 2. The van der Waals surface area contributed by atoms with Gasteiger partial charge in [-0.05, 0) is 52.4 Å². The summed E-state index contributed by atoms with van der Waals surface area (Å²) in [6.07, 6.45) is 6.00. The third kappa shape index (κ3) is 8.07. The molecule has 3 aromatic rings. The summed E-state index contributed by atoms with van der Waals surface area (Å²) in [5.41, 5.74) is 4.99. The second-order valence-corrected chi connectivity index (χ2v) is 12.5. The molecule has 0 spiro atoms. The Balaban J connectivity index is 0.00000484. The maximum absolute atomic E-state index is 12.7. The largest absolute Gasteiger partial charge is 1.00 e. The molecule has 0 aliphatic heterocycles. The van der Waals surface area contributed by atoms with Gasteiger partial charge in [0, 0.05) is 45.1 Å². The molecule has 9 nitrogen and oxygen atoms in total. The van der Waals surface area contributed by atoms with Crippen molar-refractivity contribution in [3.63, 3.8) is 0 Å². The summed E-state index contributed by atoms with van der Waals surface area (Å²) in [6, 6.07) is 20.8. The predicted octanol–water partition coefficient (Wildman–Crippen LogP) is -0.605. The van der Waals surface area contributed by atoms with Crippen LogP contribution in [0.25, 0.3) is 5.57 Å². The van der Waals surface area contributed by atoms with Crippen LogP contribution in [0.15, 0.2) is 100 Å². The van der Waals surface area contributed by atoms with Gasteiger partial charge in [0.15, 0.2) is 6.54 Å². The minimum absolute atomic E-state index is 0. The molecule has 0 fully saturated rings. The van der Waals surface area contributed by atoms with E-state index in [2.05, 4.69) is 11.1 Å². The first-order chi connectivity index (χ1) is 19.2. The summed E-state index contributed by atoms with van der Waals surface area (Å²) in [5.74, 6) is 0. The normalized spacial score (nSPS) is 14.3. The van der Waals surface area contributed by atoms with Crippen molar-refractivity contribution in [1.82, 2.24) is 0 Å². The Morgan fingerprint density at radius 2 is 1.36 bits per heavy atom. The first kappa shape index (κ1) is 33.5. The molecule has 12 heteroatoms. The molecule has 0 unspecified atom stereocenters. The molecule has 3 aromatic carbocycles. The van der Waals surface area contributed by atoms with Crippen molar-refractivity contribution in [1.29, 1.82) is 0 Å². The summed E-state index contributed by atoms with van der Waals surface area (Å²) in [5, 5.41) is 0. The van der Waals surface area contributed by atoms with Gasteiger partial charge in [-0.25, -0.2) is 8.42 Å². The minimum atomic E-state index is -4.72. The van der Waals surface area contributed by atoms with Crippen LogP contribution in [0.5, 0.6) is 0 Å². The number of allylic oxidation sites excluding steroid dienone is 4. The first-order valence-electron chi connectivity index (χ1n) is 12.5. The Labute approximate surface area is 269 Å². The van der Waals surface area contributed by atoms with Crippen LogP contribution in [0.3, 0.4) is 0 Å². The standard InChI is InChI=1S/C30H30N3O6S2.Na/c1-32(2)25-13-8-22(9-14-25)30(23-10-15-26(16-11-23)33(3)4)28-17-12-24(19-29(28)41(37,38)39)31-20-21-6-5-7-27(18-21)40(34,35)36;/h5-18H,20H2,1-4H3,(H,34,35,36)(H,37,38,39);/q-1;+1. The summed E-state index contributed by atoms with van der Waals surface area (Å²) >= 11 is 0. The van der Waals surface area contributed by atoms with E-state index >= 15 is 0 Å². The minimum Gasteiger partial charge on any atom is -0.744 e. The van der Waals surface area contributed by atoms with Gasteiger partial charge in [-0.3, -0.25) is 9.55 Å². The van der Waals surface area contributed by atoms with Gasteiger partial charge in [-0.2, -0.15) is 14.5 Å². The average Bonchev–Trinajstić information content (AvgIpc) is 2.92. The van der Waals surface area contributed by atoms with Crippen LogP contribution >= 0.6 is 0 Å². The first-order valence-corrected chi connectivity index (χ1v) is 15.3. The Kier molecular flexibility index (Phi) is 10.8. The molecule has 0 amide bonds. The zero-order valence-corrected chi connectivity index (χ0v) is 27.6. The molecule has 0 aromatic heterocycles. The van der Waals surface area contributed by atoms with Crippen molar-refractivity contribution in [3.8, 4) is 0 Å². The smallest absolute Gasteiger partial charge is 0.744 e. The van der Waals surface area contributed by atoms with Crippen LogP contribution in [-0.2, 0) is 26.8 Å². The molecule has 0 saturated heterocycles. The summed E-state index contributed by atoms with van der Waals surface area (Å²) in [7, 11) is -1.65.